The number of benzene rings is 2. The first-order valence-corrected chi connectivity index (χ1v) is 15.8. The molecule has 222 valence electrons. The Morgan fingerprint density at radius 2 is 1.67 bits per heavy atom. The standard InChI is InChI=1S/C30H35F2N7O2S/c1-19(2)39-20(3)35-28-24(31)16-21(17-26(28)39)27-25(32)18-34-29(37-27)36-22-4-6-23(7-5-22)42(40,41)38-14-10-30(11-15-38)8-12-33-13-9-30/h4-7,16-19,33H,8-15H2,1-3H3,(H,34,36,37). The van der Waals surface area contributed by atoms with E-state index in [-0.39, 0.29) is 39.1 Å². The molecule has 12 heteroatoms. The molecular weight excluding hydrogens is 560 g/mol. The van der Waals surface area contributed by atoms with Crippen LogP contribution in [0.25, 0.3) is 22.3 Å². The van der Waals surface area contributed by atoms with E-state index in [4.69, 9.17) is 0 Å². The summed E-state index contributed by atoms with van der Waals surface area (Å²) in [5.74, 6) is -0.493. The van der Waals surface area contributed by atoms with Gasteiger partial charge in [-0.2, -0.15) is 4.31 Å². The first kappa shape index (κ1) is 28.6. The van der Waals surface area contributed by atoms with E-state index in [0.717, 1.165) is 45.0 Å². The number of hydrogen-bond acceptors (Lipinski definition) is 7. The number of rotatable bonds is 6. The Balaban J connectivity index is 1.21. The van der Waals surface area contributed by atoms with Gasteiger partial charge in [0.1, 0.15) is 17.0 Å². The summed E-state index contributed by atoms with van der Waals surface area (Å²) < 4.78 is 60.1. The highest BCUT2D eigenvalue weighted by molar-refractivity contribution is 7.89. The molecule has 4 heterocycles. The zero-order chi connectivity index (χ0) is 29.6. The van der Waals surface area contributed by atoms with Crippen LogP contribution in [-0.2, 0) is 10.0 Å². The van der Waals surface area contributed by atoms with Crippen LogP contribution in [0.4, 0.5) is 20.4 Å². The van der Waals surface area contributed by atoms with Crippen molar-refractivity contribution in [3.63, 3.8) is 0 Å². The van der Waals surface area contributed by atoms with E-state index in [1.165, 1.54) is 6.07 Å². The number of piperidine rings is 2. The number of halogens is 2. The normalized spacial score (nSPS) is 17.8. The molecule has 0 bridgehead atoms. The van der Waals surface area contributed by atoms with Crippen molar-refractivity contribution in [3.05, 3.63) is 60.1 Å². The van der Waals surface area contributed by atoms with Crippen molar-refractivity contribution in [2.45, 2.75) is 57.4 Å². The molecule has 2 N–H and O–H groups in total. The highest BCUT2D eigenvalue weighted by Crippen LogP contribution is 2.40. The molecule has 0 amide bonds. The maximum atomic E-state index is 15.0. The molecule has 2 aliphatic heterocycles. The Bertz CT molecular complexity index is 1720. The van der Waals surface area contributed by atoms with E-state index in [2.05, 4.69) is 25.6 Å². The summed E-state index contributed by atoms with van der Waals surface area (Å²) in [5, 5.41) is 6.40. The largest absolute Gasteiger partial charge is 0.326 e. The molecule has 42 heavy (non-hydrogen) atoms. The number of nitrogens with one attached hydrogen (secondary N) is 2. The first-order chi connectivity index (χ1) is 20.1. The third kappa shape index (κ3) is 5.27. The summed E-state index contributed by atoms with van der Waals surface area (Å²) in [6.45, 7) is 8.79. The monoisotopic (exact) mass is 595 g/mol. The highest BCUT2D eigenvalue weighted by atomic mass is 32.2. The number of fused-ring (bicyclic) bond motifs is 1. The molecule has 0 unspecified atom stereocenters. The van der Waals surface area contributed by atoms with Crippen LogP contribution in [0, 0.1) is 24.0 Å². The Kier molecular flexibility index (Phi) is 7.48. The van der Waals surface area contributed by atoms with Gasteiger partial charge in [-0.15, -0.1) is 0 Å². The minimum absolute atomic E-state index is 0.0323. The molecule has 1 spiro atoms. The molecule has 4 aromatic rings. The second-order valence-corrected chi connectivity index (χ2v) is 13.6. The number of imidazole rings is 1. The van der Waals surface area contributed by atoms with Crippen molar-refractivity contribution in [1.29, 1.82) is 0 Å². The molecule has 0 radical (unpaired) electrons. The second kappa shape index (κ2) is 11.0. The molecule has 2 aliphatic rings. The number of nitrogens with zero attached hydrogens (tertiary/aromatic N) is 5. The average molecular weight is 596 g/mol. The lowest BCUT2D eigenvalue weighted by Gasteiger charge is -2.43. The van der Waals surface area contributed by atoms with Crippen molar-refractivity contribution >= 4 is 32.7 Å². The van der Waals surface area contributed by atoms with Crippen LogP contribution in [0.3, 0.4) is 0 Å². The van der Waals surface area contributed by atoms with Crippen LogP contribution in [0.1, 0.15) is 51.4 Å². The van der Waals surface area contributed by atoms with E-state index in [1.807, 2.05) is 18.4 Å². The fraction of sp³-hybridized carbons (Fsp3) is 0.433. The summed E-state index contributed by atoms with van der Waals surface area (Å²) in [6, 6.07) is 9.30. The Hall–Kier alpha value is -3.48. The Morgan fingerprint density at radius 1 is 0.976 bits per heavy atom. The predicted molar refractivity (Wildman–Crippen MR) is 158 cm³/mol. The van der Waals surface area contributed by atoms with Crippen LogP contribution < -0.4 is 10.6 Å². The van der Waals surface area contributed by atoms with Gasteiger partial charge in [-0.1, -0.05) is 0 Å². The minimum atomic E-state index is -3.62. The maximum absolute atomic E-state index is 15.0. The summed E-state index contributed by atoms with van der Waals surface area (Å²) in [4.78, 5) is 12.9. The van der Waals surface area contributed by atoms with Gasteiger partial charge in [-0.05, 0) is 101 Å². The van der Waals surface area contributed by atoms with Gasteiger partial charge >= 0.3 is 0 Å². The minimum Gasteiger partial charge on any atom is -0.326 e. The predicted octanol–water partition coefficient (Wildman–Crippen LogP) is 5.56. The van der Waals surface area contributed by atoms with Crippen molar-refractivity contribution in [1.82, 2.24) is 29.1 Å². The van der Waals surface area contributed by atoms with Crippen molar-refractivity contribution < 1.29 is 17.2 Å². The van der Waals surface area contributed by atoms with Crippen LogP contribution in [0.5, 0.6) is 0 Å². The van der Waals surface area contributed by atoms with Crippen LogP contribution in [-0.4, -0.2) is 58.4 Å². The quantitative estimate of drug-likeness (QED) is 0.301. The summed E-state index contributed by atoms with van der Waals surface area (Å²) in [5.41, 5.74) is 1.78. The fourth-order valence-corrected chi connectivity index (χ4v) is 7.78. The smallest absolute Gasteiger partial charge is 0.243 e. The third-order valence-corrected chi connectivity index (χ3v) is 10.6. The van der Waals surface area contributed by atoms with Gasteiger partial charge in [0, 0.05) is 30.4 Å². The lowest BCUT2D eigenvalue weighted by molar-refractivity contribution is 0.110. The van der Waals surface area contributed by atoms with Gasteiger partial charge in [0.05, 0.1) is 16.6 Å². The number of hydrogen-bond donors (Lipinski definition) is 2. The summed E-state index contributed by atoms with van der Waals surface area (Å²) in [7, 11) is -3.62. The maximum Gasteiger partial charge on any atom is 0.243 e. The number of aryl methyl sites for hydroxylation is 1. The molecule has 6 rings (SSSR count). The zero-order valence-electron chi connectivity index (χ0n) is 24.0. The third-order valence-electron chi connectivity index (χ3n) is 8.65. The van der Waals surface area contributed by atoms with Gasteiger partial charge in [-0.25, -0.2) is 32.2 Å². The van der Waals surface area contributed by atoms with E-state index in [9.17, 15) is 12.8 Å². The van der Waals surface area contributed by atoms with E-state index in [1.54, 1.807) is 41.6 Å². The number of aromatic nitrogens is 4. The Morgan fingerprint density at radius 3 is 2.33 bits per heavy atom. The van der Waals surface area contributed by atoms with Gasteiger partial charge in [0.2, 0.25) is 16.0 Å². The van der Waals surface area contributed by atoms with Crippen LogP contribution >= 0.6 is 0 Å². The van der Waals surface area contributed by atoms with Crippen molar-refractivity contribution in [3.8, 4) is 11.3 Å². The van der Waals surface area contributed by atoms with Gasteiger partial charge in [0.25, 0.3) is 0 Å². The van der Waals surface area contributed by atoms with E-state index in [0.29, 0.717) is 30.1 Å². The van der Waals surface area contributed by atoms with Gasteiger partial charge < -0.3 is 15.2 Å². The summed E-state index contributed by atoms with van der Waals surface area (Å²) >= 11 is 0. The molecule has 2 saturated heterocycles. The Labute approximate surface area is 244 Å². The SMILES string of the molecule is Cc1nc2c(F)cc(-c3nc(Nc4ccc(S(=O)(=O)N5CCC6(CCNCC6)CC5)cc4)ncc3F)cc2n1C(C)C. The van der Waals surface area contributed by atoms with E-state index >= 15 is 4.39 Å². The molecular formula is C30H35F2N7O2S. The van der Waals surface area contributed by atoms with Crippen LogP contribution in [0.2, 0.25) is 0 Å². The molecule has 9 nitrogen and oxygen atoms in total. The molecule has 2 aromatic carbocycles. The molecule has 0 saturated carbocycles. The lowest BCUT2D eigenvalue weighted by Crippen LogP contribution is -2.47. The van der Waals surface area contributed by atoms with Gasteiger partial charge in [0.15, 0.2) is 11.6 Å². The van der Waals surface area contributed by atoms with Crippen molar-refractivity contribution in [2.24, 2.45) is 5.41 Å². The number of sulfonamides is 1. The topological polar surface area (TPSA) is 105 Å². The summed E-state index contributed by atoms with van der Waals surface area (Å²) in [6.07, 6.45) is 4.99. The average Bonchev–Trinajstić information content (AvgIpc) is 3.31. The van der Waals surface area contributed by atoms with Gasteiger partial charge in [-0.3, -0.25) is 0 Å². The lowest BCUT2D eigenvalue weighted by atomic mass is 9.72. The first-order valence-electron chi connectivity index (χ1n) is 14.4. The molecule has 2 aromatic heterocycles. The molecule has 0 aliphatic carbocycles. The van der Waals surface area contributed by atoms with Crippen LogP contribution in [0.15, 0.2) is 47.5 Å². The molecule has 0 atom stereocenters. The molecule has 2 fully saturated rings. The number of anilines is 2. The highest BCUT2D eigenvalue weighted by Gasteiger charge is 2.39. The van der Waals surface area contributed by atoms with E-state index < -0.39 is 21.7 Å². The second-order valence-electron chi connectivity index (χ2n) is 11.6. The fourth-order valence-electron chi connectivity index (χ4n) is 6.33. The van der Waals surface area contributed by atoms with Crippen molar-refractivity contribution in [2.75, 3.05) is 31.5 Å². The zero-order valence-corrected chi connectivity index (χ0v) is 24.8.